The molecular formula is C26H25NO6S. The molecule has 0 spiro atoms. The smallest absolute Gasteiger partial charge is 0.341 e. The number of anilines is 1. The highest BCUT2D eigenvalue weighted by Gasteiger charge is 2.27. The summed E-state index contributed by atoms with van der Waals surface area (Å²) in [6, 6.07) is 18.3. The summed E-state index contributed by atoms with van der Waals surface area (Å²) in [5.74, 6) is -2.77. The lowest BCUT2D eigenvalue weighted by atomic mass is 9.91. The number of ether oxygens (including phenoxy) is 2. The lowest BCUT2D eigenvalue weighted by molar-refractivity contribution is -0.147. The minimum absolute atomic E-state index is 0.128. The Kier molecular flexibility index (Phi) is 8.32. The highest BCUT2D eigenvalue weighted by Crippen LogP contribution is 2.34. The van der Waals surface area contributed by atoms with Gasteiger partial charge in [0.2, 0.25) is 0 Å². The quantitative estimate of drug-likeness (QED) is 0.351. The molecule has 1 aromatic heterocycles. The van der Waals surface area contributed by atoms with Crippen molar-refractivity contribution in [1.29, 1.82) is 0 Å². The number of benzene rings is 2. The molecule has 1 N–H and O–H groups in total. The molecule has 0 aliphatic carbocycles. The molecule has 2 aromatic carbocycles. The van der Waals surface area contributed by atoms with Gasteiger partial charge in [-0.05, 0) is 37.5 Å². The number of hydrogen-bond acceptors (Lipinski definition) is 7. The third-order valence-electron chi connectivity index (χ3n) is 5.05. The van der Waals surface area contributed by atoms with Crippen molar-refractivity contribution in [2.75, 3.05) is 18.5 Å². The molecule has 3 aromatic rings. The van der Waals surface area contributed by atoms with Crippen LogP contribution in [0.15, 0.2) is 60.7 Å². The number of nitrogens with one attached hydrogen (secondary N) is 1. The van der Waals surface area contributed by atoms with Crippen molar-refractivity contribution in [2.45, 2.75) is 26.7 Å². The zero-order chi connectivity index (χ0) is 24.7. The minimum Gasteiger partial charge on any atom is -0.462 e. The van der Waals surface area contributed by atoms with Gasteiger partial charge in [-0.15, -0.1) is 11.3 Å². The van der Waals surface area contributed by atoms with E-state index in [1.165, 1.54) is 6.92 Å². The second kappa shape index (κ2) is 11.4. The van der Waals surface area contributed by atoms with Crippen molar-refractivity contribution in [3.63, 3.8) is 0 Å². The predicted octanol–water partition coefficient (Wildman–Crippen LogP) is 4.75. The first-order valence-electron chi connectivity index (χ1n) is 10.7. The number of carbonyl (C=O) groups is 4. The summed E-state index contributed by atoms with van der Waals surface area (Å²) >= 11 is 0.988. The number of thiophene rings is 1. The van der Waals surface area contributed by atoms with E-state index in [0.29, 0.717) is 10.4 Å². The molecule has 1 heterocycles. The molecule has 0 aliphatic heterocycles. The number of Topliss-reactive ketones (excluding diaryl/α,β-unsaturated/α-hetero) is 1. The largest absolute Gasteiger partial charge is 0.462 e. The summed E-state index contributed by atoms with van der Waals surface area (Å²) in [4.78, 5) is 50.3. The molecule has 0 atom stereocenters. The van der Waals surface area contributed by atoms with E-state index in [-0.39, 0.29) is 23.0 Å². The van der Waals surface area contributed by atoms with E-state index < -0.39 is 30.4 Å². The van der Waals surface area contributed by atoms with Gasteiger partial charge in [-0.1, -0.05) is 60.7 Å². The average molecular weight is 480 g/mol. The second-order valence-corrected chi connectivity index (χ2v) is 8.47. The van der Waals surface area contributed by atoms with Gasteiger partial charge >= 0.3 is 11.9 Å². The first-order chi connectivity index (χ1) is 16.3. The van der Waals surface area contributed by atoms with Crippen molar-refractivity contribution < 1.29 is 28.7 Å². The standard InChI is InChI=1S/C26H25NO6S/c1-4-32-25(30)21-16(2)23(17(3)28)34-24(21)27-20(29)15-33-26(31)22(18-11-7-5-8-12-18)19-13-9-6-10-14-19/h5-14,22H,4,15H2,1-3H3,(H,27,29). The molecule has 0 unspecified atom stereocenters. The van der Waals surface area contributed by atoms with Gasteiger partial charge < -0.3 is 14.8 Å². The van der Waals surface area contributed by atoms with E-state index in [2.05, 4.69) is 5.32 Å². The van der Waals surface area contributed by atoms with Gasteiger partial charge in [-0.2, -0.15) is 0 Å². The van der Waals surface area contributed by atoms with Gasteiger partial charge in [0.25, 0.3) is 5.91 Å². The van der Waals surface area contributed by atoms with Gasteiger partial charge in [0.15, 0.2) is 12.4 Å². The van der Waals surface area contributed by atoms with Crippen LogP contribution in [0.4, 0.5) is 5.00 Å². The molecule has 0 radical (unpaired) electrons. The van der Waals surface area contributed by atoms with Crippen LogP contribution >= 0.6 is 11.3 Å². The van der Waals surface area contributed by atoms with Crippen LogP contribution in [0.2, 0.25) is 0 Å². The molecular weight excluding hydrogens is 454 g/mol. The lowest BCUT2D eigenvalue weighted by Crippen LogP contribution is -2.25. The molecule has 0 saturated heterocycles. The van der Waals surface area contributed by atoms with E-state index in [0.717, 1.165) is 22.5 Å². The van der Waals surface area contributed by atoms with Crippen molar-refractivity contribution in [2.24, 2.45) is 0 Å². The van der Waals surface area contributed by atoms with Gasteiger partial charge in [0, 0.05) is 0 Å². The molecule has 0 fully saturated rings. The van der Waals surface area contributed by atoms with Crippen molar-refractivity contribution >= 4 is 40.0 Å². The SMILES string of the molecule is CCOC(=O)c1c(NC(=O)COC(=O)C(c2ccccc2)c2ccccc2)sc(C(C)=O)c1C. The fourth-order valence-corrected chi connectivity index (χ4v) is 4.63. The highest BCUT2D eigenvalue weighted by atomic mass is 32.1. The Labute approximate surface area is 201 Å². The topological polar surface area (TPSA) is 98.8 Å². The summed E-state index contributed by atoms with van der Waals surface area (Å²) < 4.78 is 10.4. The van der Waals surface area contributed by atoms with Crippen molar-refractivity contribution in [3.8, 4) is 0 Å². The summed E-state index contributed by atoms with van der Waals surface area (Å²) in [6.45, 7) is 4.27. The second-order valence-electron chi connectivity index (χ2n) is 7.45. The first-order valence-corrected chi connectivity index (χ1v) is 11.5. The summed E-state index contributed by atoms with van der Waals surface area (Å²) in [5, 5.41) is 2.77. The Morgan fingerprint density at radius 1 is 0.912 bits per heavy atom. The van der Waals surface area contributed by atoms with Crippen LogP contribution < -0.4 is 5.32 Å². The molecule has 176 valence electrons. The molecule has 7 nitrogen and oxygen atoms in total. The highest BCUT2D eigenvalue weighted by molar-refractivity contribution is 7.18. The number of amides is 1. The monoisotopic (exact) mass is 479 g/mol. The molecule has 34 heavy (non-hydrogen) atoms. The van der Waals surface area contributed by atoms with Gasteiger partial charge in [0.05, 0.1) is 17.0 Å². The summed E-state index contributed by atoms with van der Waals surface area (Å²) in [5.41, 5.74) is 2.05. The van der Waals surface area contributed by atoms with Crippen LogP contribution in [0.1, 0.15) is 56.5 Å². The van der Waals surface area contributed by atoms with E-state index in [1.807, 2.05) is 60.7 Å². The molecule has 8 heteroatoms. The maximum Gasteiger partial charge on any atom is 0.341 e. The Balaban J connectivity index is 1.76. The predicted molar refractivity (Wildman–Crippen MR) is 129 cm³/mol. The van der Waals surface area contributed by atoms with E-state index in [1.54, 1.807) is 13.8 Å². The maximum atomic E-state index is 13.0. The summed E-state index contributed by atoms with van der Waals surface area (Å²) in [7, 11) is 0. The fraction of sp³-hybridized carbons (Fsp3) is 0.231. The van der Waals surface area contributed by atoms with Crippen LogP contribution in [-0.2, 0) is 19.1 Å². The number of rotatable bonds is 9. The Morgan fingerprint density at radius 2 is 1.47 bits per heavy atom. The Hall–Kier alpha value is -3.78. The molecule has 3 rings (SSSR count). The average Bonchev–Trinajstić information content (AvgIpc) is 3.15. The lowest BCUT2D eigenvalue weighted by Gasteiger charge is -2.17. The maximum absolute atomic E-state index is 13.0. The van der Waals surface area contributed by atoms with Crippen LogP contribution in [0.5, 0.6) is 0 Å². The molecule has 0 saturated carbocycles. The van der Waals surface area contributed by atoms with Gasteiger partial charge in [0.1, 0.15) is 10.9 Å². The summed E-state index contributed by atoms with van der Waals surface area (Å²) in [6.07, 6.45) is 0. The number of esters is 2. The zero-order valence-corrected chi connectivity index (χ0v) is 19.9. The minimum atomic E-state index is -0.696. The molecule has 1 amide bonds. The Morgan fingerprint density at radius 3 is 1.97 bits per heavy atom. The Bertz CT molecular complexity index is 1150. The first kappa shape index (κ1) is 24.9. The van der Waals surface area contributed by atoms with Crippen LogP contribution in [0, 0.1) is 6.92 Å². The molecule has 0 aliphatic rings. The van der Waals surface area contributed by atoms with E-state index in [4.69, 9.17) is 9.47 Å². The van der Waals surface area contributed by atoms with Crippen LogP contribution in [-0.4, -0.2) is 36.8 Å². The number of hydrogen-bond donors (Lipinski definition) is 1. The molecule has 0 bridgehead atoms. The van der Waals surface area contributed by atoms with Crippen molar-refractivity contribution in [1.82, 2.24) is 0 Å². The normalized spacial score (nSPS) is 10.6. The number of carbonyl (C=O) groups excluding carboxylic acids is 4. The van der Waals surface area contributed by atoms with Gasteiger partial charge in [-0.25, -0.2) is 4.79 Å². The van der Waals surface area contributed by atoms with Crippen LogP contribution in [0.3, 0.4) is 0 Å². The fourth-order valence-electron chi connectivity index (χ4n) is 3.52. The van der Waals surface area contributed by atoms with E-state index >= 15 is 0 Å². The third-order valence-corrected chi connectivity index (χ3v) is 6.35. The van der Waals surface area contributed by atoms with Crippen LogP contribution in [0.25, 0.3) is 0 Å². The van der Waals surface area contributed by atoms with Crippen molar-refractivity contribution in [3.05, 3.63) is 87.8 Å². The van der Waals surface area contributed by atoms with Gasteiger partial charge in [-0.3, -0.25) is 14.4 Å². The number of ketones is 1. The van der Waals surface area contributed by atoms with E-state index in [9.17, 15) is 19.2 Å². The zero-order valence-electron chi connectivity index (χ0n) is 19.1. The third kappa shape index (κ3) is 5.77.